The zero-order valence-electron chi connectivity index (χ0n) is 42.3. The summed E-state index contributed by atoms with van der Waals surface area (Å²) in [5.41, 5.74) is 33.1. The quantitative estimate of drug-likeness (QED) is 0.0371. The molecule has 0 aromatic carbocycles. The first-order valence-electron chi connectivity index (χ1n) is 21.0. The molecule has 6 atom stereocenters. The number of amides is 1. The summed E-state index contributed by atoms with van der Waals surface area (Å²) in [6, 6.07) is -6.04. The lowest BCUT2D eigenvalue weighted by Crippen LogP contribution is -2.42. The number of carbonyl (C=O) groups excluding carboxylic acids is 6. The Labute approximate surface area is 436 Å². The lowest BCUT2D eigenvalue weighted by atomic mass is 10.1. The molecule has 0 fully saturated rings. The van der Waals surface area contributed by atoms with E-state index in [1.54, 1.807) is 20.8 Å². The van der Waals surface area contributed by atoms with Gasteiger partial charge >= 0.3 is 47.8 Å². The van der Waals surface area contributed by atoms with Crippen molar-refractivity contribution in [3.63, 3.8) is 0 Å². The summed E-state index contributed by atoms with van der Waals surface area (Å²) in [4.78, 5) is 126. The molecule has 1 amide bonds. The predicted octanol–water partition coefficient (Wildman–Crippen LogP) is -0.302. The highest BCUT2D eigenvalue weighted by Gasteiger charge is 2.17. The van der Waals surface area contributed by atoms with Gasteiger partial charge < -0.3 is 79.8 Å². The third kappa shape index (κ3) is 50.1. The number of allylic oxidation sites excluding steroid dienone is 1. The Kier molecular flexibility index (Phi) is 47.6. The van der Waals surface area contributed by atoms with Crippen LogP contribution in [0.25, 0.3) is 0 Å². The van der Waals surface area contributed by atoms with Gasteiger partial charge in [-0.1, -0.05) is 63.0 Å². The average Bonchev–Trinajstić information content (AvgIpc) is 3.30. The molecule has 0 spiro atoms. The van der Waals surface area contributed by atoms with Crippen LogP contribution in [0.2, 0.25) is 0 Å². The van der Waals surface area contributed by atoms with Crippen molar-refractivity contribution in [3.05, 3.63) is 72.9 Å². The highest BCUT2D eigenvalue weighted by molar-refractivity contribution is 8.14. The third-order valence-corrected chi connectivity index (χ3v) is 9.62. The number of ketones is 1. The Bertz CT molecular complexity index is 1800. The Balaban J connectivity index is -0.000000188. The number of carboxylic acid groups (broad SMARTS) is 6. The highest BCUT2D eigenvalue weighted by Crippen LogP contribution is 2.11. The maximum atomic E-state index is 11.0. The van der Waals surface area contributed by atoms with Crippen molar-refractivity contribution in [2.75, 3.05) is 31.3 Å². The molecule has 0 aliphatic heterocycles. The second kappa shape index (κ2) is 44.8. The molecule has 6 unspecified atom stereocenters. The lowest BCUT2D eigenvalue weighted by molar-refractivity contribution is -0.145. The Hall–Kier alpha value is -6.86. The number of nitrogens with two attached hydrogens (primary N) is 6. The van der Waals surface area contributed by atoms with Crippen LogP contribution in [0.1, 0.15) is 67.2 Å². The minimum atomic E-state index is -1.20. The van der Waals surface area contributed by atoms with Crippen LogP contribution in [0.5, 0.6) is 0 Å². The van der Waals surface area contributed by atoms with Crippen molar-refractivity contribution < 1.29 is 97.6 Å². The fraction of sp³-hybridized carbons (Fsp3) is 0.467. The lowest BCUT2D eigenvalue weighted by Gasteiger charge is -2.07. The molecule has 0 saturated heterocycles. The first-order valence-corrected chi connectivity index (χ1v) is 23.0. The monoisotopic (exact) mass is 1100 g/mol. The number of carbonyl (C=O) groups is 12. The van der Waals surface area contributed by atoms with Gasteiger partial charge in [0, 0.05) is 47.6 Å². The molecule has 0 saturated carbocycles. The van der Waals surface area contributed by atoms with E-state index in [0.717, 1.165) is 23.5 Å². The molecule has 0 rings (SSSR count). The van der Waals surface area contributed by atoms with Gasteiger partial charge in [-0.2, -0.15) is 0 Å². The van der Waals surface area contributed by atoms with Gasteiger partial charge in [0.05, 0.1) is 6.61 Å². The number of ether oxygens (including phenoxy) is 2. The maximum absolute atomic E-state index is 11.0. The Morgan fingerprint density at radius 1 is 0.446 bits per heavy atom. The smallest absolute Gasteiger partial charge is 0.333 e. The molecule has 0 heterocycles. The number of aliphatic carboxylic acids is 6. The number of hydrogen-bond acceptors (Lipinski definition) is 22. The minimum absolute atomic E-state index is 0.000833. The number of rotatable bonds is 27. The molecule has 0 bridgehead atoms. The predicted molar refractivity (Wildman–Crippen MR) is 276 cm³/mol. The van der Waals surface area contributed by atoms with Crippen LogP contribution in [0.15, 0.2) is 72.9 Å². The van der Waals surface area contributed by atoms with Crippen LogP contribution >= 0.6 is 23.5 Å². The third-order valence-electron chi connectivity index (χ3n) is 7.44. The van der Waals surface area contributed by atoms with Gasteiger partial charge in [-0.15, -0.1) is 0 Å². The molecule has 0 aromatic heterocycles. The van der Waals surface area contributed by atoms with Gasteiger partial charge in [-0.25, -0.2) is 9.59 Å². The first-order chi connectivity index (χ1) is 33.7. The van der Waals surface area contributed by atoms with Gasteiger partial charge in [0.1, 0.15) is 42.9 Å². The maximum Gasteiger partial charge on any atom is 0.333 e. The van der Waals surface area contributed by atoms with Crippen molar-refractivity contribution in [1.82, 2.24) is 5.32 Å². The second-order valence-corrected chi connectivity index (χ2v) is 17.1. The van der Waals surface area contributed by atoms with Gasteiger partial charge in [0.15, 0.2) is 5.78 Å². The number of Topliss-reactive ketones (excluding diaryl/α,β-unsaturated/α-hetero) is 1. The Morgan fingerprint density at radius 2 is 0.811 bits per heavy atom. The van der Waals surface area contributed by atoms with Crippen LogP contribution in [-0.4, -0.2) is 168 Å². The van der Waals surface area contributed by atoms with Crippen molar-refractivity contribution in [2.24, 2.45) is 34.4 Å². The summed E-state index contributed by atoms with van der Waals surface area (Å²) >= 11 is 1.93. The van der Waals surface area contributed by atoms with Gasteiger partial charge in [0.25, 0.3) is 0 Å². The standard InChI is InChI=1S/C8H13NO4.C8H13NO3S.C8H13NO3.C7H12N2O3.C7H11NO4.C7H11NO3S/c2*1-5(2)8(12)13-4-3-6(9)7(10)11;1-5(2)7(10)4-3-6(9)8(11)12;1-4(2)6(10)9-3-5(8)7(11)12;2*1-4(2)7(11)12-3-5(8)6(9)10/h2*6H,1,3-4,9H2,2H3,(H,10,11);6H,1,3-4,9H2,2H3,(H,11,12);5H,1,3,8H2,2H3,(H,9,10)(H,11,12);2*5H,1,3,8H2,2H3,(H,9,10). The zero-order chi connectivity index (χ0) is 59.8. The molecule has 0 aliphatic carbocycles. The van der Waals surface area contributed by atoms with Crippen LogP contribution in [0.4, 0.5) is 0 Å². The fourth-order valence-electron chi connectivity index (χ4n) is 2.83. The van der Waals surface area contributed by atoms with E-state index in [2.05, 4.69) is 54.3 Å². The first kappa shape index (κ1) is 78.6. The Morgan fingerprint density at radius 3 is 1.16 bits per heavy atom. The number of hydrogen-bond donors (Lipinski definition) is 13. The number of nitrogens with one attached hydrogen (secondary N) is 1. The van der Waals surface area contributed by atoms with Crippen molar-refractivity contribution in [3.8, 4) is 0 Å². The average molecular weight is 1100 g/mol. The molecule has 29 heteroatoms. The summed E-state index contributed by atoms with van der Waals surface area (Å²) in [6.07, 6.45) is 0.719. The van der Waals surface area contributed by atoms with E-state index in [0.29, 0.717) is 34.5 Å². The molecule has 0 aliphatic rings. The van der Waals surface area contributed by atoms with E-state index < -0.39 is 84.0 Å². The zero-order valence-corrected chi connectivity index (χ0v) is 43.9. The number of thioether (sulfide) groups is 2. The summed E-state index contributed by atoms with van der Waals surface area (Å²) in [5, 5.41) is 52.1. The minimum Gasteiger partial charge on any atom is -0.480 e. The molecule has 0 radical (unpaired) electrons. The van der Waals surface area contributed by atoms with E-state index in [4.69, 9.17) is 65.0 Å². The van der Waals surface area contributed by atoms with Gasteiger partial charge in [0.2, 0.25) is 16.1 Å². The van der Waals surface area contributed by atoms with Crippen LogP contribution in [-0.2, 0) is 67.0 Å². The summed E-state index contributed by atoms with van der Waals surface area (Å²) in [6.45, 7) is 29.3. The number of esters is 2. The molecular weight excluding hydrogens is 1020 g/mol. The molecule has 420 valence electrons. The van der Waals surface area contributed by atoms with Crippen LogP contribution < -0.4 is 39.7 Å². The van der Waals surface area contributed by atoms with Gasteiger partial charge in [-0.3, -0.25) is 47.9 Å². The molecular formula is C45H73N7O20S2. The molecule has 27 nitrogen and oxygen atoms in total. The normalized spacial score (nSPS) is 12.0. The fourth-order valence-corrected chi connectivity index (χ4v) is 4.36. The summed E-state index contributed by atoms with van der Waals surface area (Å²) in [5.74, 6) is -7.85. The summed E-state index contributed by atoms with van der Waals surface area (Å²) < 4.78 is 9.12. The van der Waals surface area contributed by atoms with Crippen molar-refractivity contribution in [1.29, 1.82) is 0 Å². The van der Waals surface area contributed by atoms with E-state index >= 15 is 0 Å². The van der Waals surface area contributed by atoms with E-state index in [-0.39, 0.29) is 77.8 Å². The topological polar surface area (TPSA) is 513 Å². The largest absolute Gasteiger partial charge is 0.480 e. The number of carboxylic acids is 6. The molecule has 19 N–H and O–H groups in total. The van der Waals surface area contributed by atoms with E-state index in [1.165, 1.54) is 20.8 Å². The highest BCUT2D eigenvalue weighted by atomic mass is 32.2. The van der Waals surface area contributed by atoms with Crippen LogP contribution in [0.3, 0.4) is 0 Å². The van der Waals surface area contributed by atoms with Crippen molar-refractivity contribution in [2.45, 2.75) is 103 Å². The van der Waals surface area contributed by atoms with E-state index in [1.807, 2.05) is 0 Å². The molecule has 74 heavy (non-hydrogen) atoms. The van der Waals surface area contributed by atoms with Crippen LogP contribution in [0, 0.1) is 0 Å². The molecule has 0 aromatic rings. The van der Waals surface area contributed by atoms with Gasteiger partial charge in [-0.05, 0) is 71.1 Å². The van der Waals surface area contributed by atoms with Crippen molar-refractivity contribution >= 4 is 93.2 Å². The SMILES string of the molecule is C=C(C)C(=O)CCC(N)C(=O)O.C=C(C)C(=O)NCC(N)C(=O)O.C=C(C)C(=O)OCC(N)C(=O)O.C=C(C)C(=O)OCCC(N)C(=O)O.C=C(C)C(=O)SCC(N)C(=O)O.C=C(C)C(=O)SCCC(N)C(=O)O. The second-order valence-electron chi connectivity index (χ2n) is 15.1. The van der Waals surface area contributed by atoms with E-state index in [9.17, 15) is 57.5 Å². The summed E-state index contributed by atoms with van der Waals surface area (Å²) in [7, 11) is 0.